The number of nitrogens with zero attached hydrogens (tertiary/aromatic N) is 1. The van der Waals surface area contributed by atoms with Crippen LogP contribution < -0.4 is 4.90 Å². The molecule has 2 aromatic carbocycles. The second-order valence-electron chi connectivity index (χ2n) is 5.36. The normalized spacial score (nSPS) is 16.8. The third-order valence-corrected chi connectivity index (χ3v) is 4.58. The first-order chi connectivity index (χ1) is 10.1. The average Bonchev–Trinajstić information content (AvgIpc) is 2.79. The Bertz CT molecular complexity index is 654. The number of carbonyl (C=O) groups is 1. The van der Waals surface area contributed by atoms with Crippen LogP contribution in [0.2, 0.25) is 0 Å². The topological polar surface area (TPSA) is 40.5 Å². The molecule has 3 nitrogen and oxygen atoms in total. The number of para-hydroxylation sites is 1. The zero-order valence-electron chi connectivity index (χ0n) is 11.5. The van der Waals surface area contributed by atoms with Crippen molar-refractivity contribution in [1.82, 2.24) is 0 Å². The molecule has 21 heavy (non-hydrogen) atoms. The van der Waals surface area contributed by atoms with Crippen LogP contribution >= 0.6 is 22.6 Å². The van der Waals surface area contributed by atoms with E-state index in [1.54, 1.807) is 0 Å². The monoisotopic (exact) mass is 393 g/mol. The summed E-state index contributed by atoms with van der Waals surface area (Å²) in [7, 11) is 0. The van der Waals surface area contributed by atoms with E-state index in [2.05, 4.69) is 63.9 Å². The van der Waals surface area contributed by atoms with Gasteiger partial charge in [0.2, 0.25) is 0 Å². The van der Waals surface area contributed by atoms with Gasteiger partial charge in [0.05, 0.1) is 6.42 Å². The highest BCUT2D eigenvalue weighted by molar-refractivity contribution is 14.1. The van der Waals surface area contributed by atoms with E-state index in [-0.39, 0.29) is 12.3 Å². The molecule has 0 amide bonds. The SMILES string of the molecule is O=C(O)CC1CN(Cc2ccc(I)cc2)c2ccccc21. The second kappa shape index (κ2) is 6.05. The lowest BCUT2D eigenvalue weighted by atomic mass is 9.98. The van der Waals surface area contributed by atoms with Crippen LogP contribution in [0.5, 0.6) is 0 Å². The largest absolute Gasteiger partial charge is 0.481 e. The molecule has 0 fully saturated rings. The third-order valence-electron chi connectivity index (χ3n) is 3.87. The molecular formula is C17H16INO2. The molecule has 1 aliphatic heterocycles. The number of benzene rings is 2. The third kappa shape index (κ3) is 3.20. The van der Waals surface area contributed by atoms with Gasteiger partial charge in [-0.1, -0.05) is 30.3 Å². The lowest BCUT2D eigenvalue weighted by molar-refractivity contribution is -0.137. The van der Waals surface area contributed by atoms with Crippen LogP contribution in [0.1, 0.15) is 23.5 Å². The van der Waals surface area contributed by atoms with Crippen LogP contribution in [0, 0.1) is 3.57 Å². The minimum absolute atomic E-state index is 0.0857. The summed E-state index contributed by atoms with van der Waals surface area (Å²) in [5, 5.41) is 9.09. The first kappa shape index (κ1) is 14.4. The maximum atomic E-state index is 11.0. The van der Waals surface area contributed by atoms with Crippen LogP contribution in [-0.4, -0.2) is 17.6 Å². The Morgan fingerprint density at radius 3 is 2.62 bits per heavy atom. The molecule has 4 heteroatoms. The van der Waals surface area contributed by atoms with Crippen molar-refractivity contribution in [3.8, 4) is 0 Å². The summed E-state index contributed by atoms with van der Waals surface area (Å²) in [5.41, 5.74) is 3.58. The van der Waals surface area contributed by atoms with Gasteiger partial charge in [0.1, 0.15) is 0 Å². The van der Waals surface area contributed by atoms with Gasteiger partial charge in [0.25, 0.3) is 0 Å². The number of rotatable bonds is 4. The maximum absolute atomic E-state index is 11.0. The van der Waals surface area contributed by atoms with Crippen LogP contribution in [-0.2, 0) is 11.3 Å². The molecule has 0 aromatic heterocycles. The molecule has 1 atom stereocenters. The molecule has 0 saturated carbocycles. The minimum Gasteiger partial charge on any atom is -0.481 e. The van der Waals surface area contributed by atoms with Crippen molar-refractivity contribution in [3.05, 3.63) is 63.2 Å². The van der Waals surface area contributed by atoms with Crippen LogP contribution in [0.4, 0.5) is 5.69 Å². The summed E-state index contributed by atoms with van der Waals surface area (Å²) < 4.78 is 1.22. The number of anilines is 1. The highest BCUT2D eigenvalue weighted by atomic mass is 127. The van der Waals surface area contributed by atoms with Crippen LogP contribution in [0.25, 0.3) is 0 Å². The van der Waals surface area contributed by atoms with Crippen LogP contribution in [0.15, 0.2) is 48.5 Å². The molecule has 0 bridgehead atoms. The zero-order valence-corrected chi connectivity index (χ0v) is 13.7. The van der Waals surface area contributed by atoms with Crippen molar-refractivity contribution < 1.29 is 9.90 Å². The van der Waals surface area contributed by atoms with Crippen molar-refractivity contribution in [1.29, 1.82) is 0 Å². The van der Waals surface area contributed by atoms with E-state index in [1.807, 2.05) is 12.1 Å². The molecule has 0 saturated heterocycles. The van der Waals surface area contributed by atoms with Gasteiger partial charge >= 0.3 is 5.97 Å². The molecule has 0 aliphatic carbocycles. The summed E-state index contributed by atoms with van der Waals surface area (Å²) in [6.45, 7) is 1.60. The number of aliphatic carboxylic acids is 1. The predicted octanol–water partition coefficient (Wildman–Crippen LogP) is 3.87. The Kier molecular flexibility index (Phi) is 4.14. The molecule has 0 radical (unpaired) electrons. The summed E-state index contributed by atoms with van der Waals surface area (Å²) in [4.78, 5) is 13.3. The predicted molar refractivity (Wildman–Crippen MR) is 91.6 cm³/mol. The van der Waals surface area contributed by atoms with Gasteiger partial charge in [-0.2, -0.15) is 0 Å². The standard InChI is InChI=1S/C17H16INO2/c18-14-7-5-12(6-8-14)10-19-11-13(9-17(20)21)15-3-1-2-4-16(15)19/h1-8,13H,9-11H2,(H,20,21). The fourth-order valence-electron chi connectivity index (χ4n) is 2.93. The second-order valence-corrected chi connectivity index (χ2v) is 6.61. The number of carboxylic acid groups (broad SMARTS) is 1. The van der Waals surface area contributed by atoms with Crippen molar-refractivity contribution in [2.45, 2.75) is 18.9 Å². The molecular weight excluding hydrogens is 377 g/mol. The lowest BCUT2D eigenvalue weighted by Crippen LogP contribution is -2.22. The molecule has 1 unspecified atom stereocenters. The average molecular weight is 393 g/mol. The molecule has 0 spiro atoms. The number of hydrogen-bond acceptors (Lipinski definition) is 2. The molecule has 1 N–H and O–H groups in total. The summed E-state index contributed by atoms with van der Waals surface area (Å²) in [5.74, 6) is -0.645. The van der Waals surface area contributed by atoms with Crippen LogP contribution in [0.3, 0.4) is 0 Å². The highest BCUT2D eigenvalue weighted by Crippen LogP contribution is 2.38. The van der Waals surface area contributed by atoms with E-state index >= 15 is 0 Å². The van der Waals surface area contributed by atoms with Crippen molar-refractivity contribution in [2.75, 3.05) is 11.4 Å². The fourth-order valence-corrected chi connectivity index (χ4v) is 3.29. The molecule has 1 aliphatic rings. The Hall–Kier alpha value is -1.56. The summed E-state index contributed by atoms with van der Waals surface area (Å²) in [6, 6.07) is 16.6. The molecule has 108 valence electrons. The minimum atomic E-state index is -0.731. The van der Waals surface area contributed by atoms with E-state index in [0.717, 1.165) is 18.7 Å². The number of halogens is 1. The van der Waals surface area contributed by atoms with E-state index in [9.17, 15) is 4.79 Å². The van der Waals surface area contributed by atoms with Gasteiger partial charge in [-0.3, -0.25) is 4.79 Å². The Morgan fingerprint density at radius 1 is 1.19 bits per heavy atom. The number of fused-ring (bicyclic) bond motifs is 1. The van der Waals surface area contributed by atoms with Gasteiger partial charge in [0.15, 0.2) is 0 Å². The van der Waals surface area contributed by atoms with Crippen molar-refractivity contribution in [3.63, 3.8) is 0 Å². The number of carboxylic acids is 1. The van der Waals surface area contributed by atoms with E-state index in [1.165, 1.54) is 14.8 Å². The van der Waals surface area contributed by atoms with E-state index in [0.29, 0.717) is 0 Å². The molecule has 1 heterocycles. The van der Waals surface area contributed by atoms with E-state index in [4.69, 9.17) is 5.11 Å². The van der Waals surface area contributed by atoms with Gasteiger partial charge in [0, 0.05) is 28.3 Å². The fraction of sp³-hybridized carbons (Fsp3) is 0.235. The van der Waals surface area contributed by atoms with Gasteiger partial charge in [-0.05, 0) is 51.9 Å². The highest BCUT2D eigenvalue weighted by Gasteiger charge is 2.29. The summed E-state index contributed by atoms with van der Waals surface area (Å²) >= 11 is 2.30. The zero-order chi connectivity index (χ0) is 14.8. The van der Waals surface area contributed by atoms with Gasteiger partial charge < -0.3 is 10.0 Å². The van der Waals surface area contributed by atoms with Crippen molar-refractivity contribution >= 4 is 34.2 Å². The van der Waals surface area contributed by atoms with Gasteiger partial charge in [-0.25, -0.2) is 0 Å². The maximum Gasteiger partial charge on any atom is 0.304 e. The molecule has 2 aromatic rings. The quantitative estimate of drug-likeness (QED) is 0.802. The number of hydrogen-bond donors (Lipinski definition) is 1. The van der Waals surface area contributed by atoms with Gasteiger partial charge in [-0.15, -0.1) is 0 Å². The Balaban J connectivity index is 1.83. The summed E-state index contributed by atoms with van der Waals surface area (Å²) in [6.07, 6.45) is 0.195. The molecule has 3 rings (SSSR count). The first-order valence-electron chi connectivity index (χ1n) is 6.93. The van der Waals surface area contributed by atoms with Crippen molar-refractivity contribution in [2.24, 2.45) is 0 Å². The smallest absolute Gasteiger partial charge is 0.304 e. The Morgan fingerprint density at radius 2 is 1.90 bits per heavy atom. The first-order valence-corrected chi connectivity index (χ1v) is 8.01. The van der Waals surface area contributed by atoms with E-state index < -0.39 is 5.97 Å². The lowest BCUT2D eigenvalue weighted by Gasteiger charge is -2.20. The Labute approximate surface area is 137 Å².